The highest BCUT2D eigenvalue weighted by Gasteiger charge is 2.26. The Morgan fingerprint density at radius 1 is 1.33 bits per heavy atom. The average molecular weight is 259 g/mol. The number of nitrogens with zero attached hydrogens (tertiary/aromatic N) is 1. The minimum Gasteiger partial charge on any atom is -0.480 e. The van der Waals surface area contributed by atoms with Crippen LogP contribution in [-0.2, 0) is 9.59 Å². The number of aliphatic carboxylic acids is 1. The molecule has 3 amide bonds. The monoisotopic (exact) mass is 259 g/mol. The average Bonchev–Trinajstić information content (AvgIpc) is 2.24. The molecule has 0 rings (SSSR count). The molecule has 0 aliphatic heterocycles. The predicted octanol–water partition coefficient (Wildman–Crippen LogP) is 0.00410. The van der Waals surface area contributed by atoms with E-state index in [1.54, 1.807) is 13.8 Å². The van der Waals surface area contributed by atoms with Crippen LogP contribution < -0.4 is 11.1 Å². The molecule has 0 aliphatic rings. The molecule has 0 fully saturated rings. The van der Waals surface area contributed by atoms with E-state index in [-0.39, 0.29) is 13.1 Å². The van der Waals surface area contributed by atoms with E-state index in [1.807, 2.05) is 6.92 Å². The molecule has 0 saturated heterocycles. The highest BCUT2D eigenvalue weighted by Crippen LogP contribution is 2.11. The number of urea groups is 1. The second kappa shape index (κ2) is 6.83. The number of hydrogen-bond acceptors (Lipinski definition) is 3. The normalized spacial score (nSPS) is 10.8. The van der Waals surface area contributed by atoms with E-state index in [0.717, 1.165) is 0 Å². The van der Waals surface area contributed by atoms with E-state index in [9.17, 15) is 14.4 Å². The molecule has 18 heavy (non-hydrogen) atoms. The Bertz CT molecular complexity index is 328. The summed E-state index contributed by atoms with van der Waals surface area (Å²) in [5.74, 6) is -1.60. The topological polar surface area (TPSA) is 113 Å². The fourth-order valence-corrected chi connectivity index (χ4v) is 1.18. The van der Waals surface area contributed by atoms with Crippen molar-refractivity contribution in [2.45, 2.75) is 27.2 Å². The fraction of sp³-hybridized carbons (Fsp3) is 0.727. The van der Waals surface area contributed by atoms with Gasteiger partial charge in [-0.05, 0) is 20.3 Å². The van der Waals surface area contributed by atoms with E-state index in [4.69, 9.17) is 10.8 Å². The van der Waals surface area contributed by atoms with Crippen LogP contribution in [0.2, 0.25) is 0 Å². The van der Waals surface area contributed by atoms with Crippen LogP contribution in [0.25, 0.3) is 0 Å². The maximum absolute atomic E-state index is 11.7. The molecule has 0 unspecified atom stereocenters. The van der Waals surface area contributed by atoms with Gasteiger partial charge in [-0.25, -0.2) is 4.79 Å². The molecular formula is C11H21N3O4. The second-order valence-corrected chi connectivity index (χ2v) is 4.72. The van der Waals surface area contributed by atoms with E-state index in [1.165, 1.54) is 4.90 Å². The van der Waals surface area contributed by atoms with Gasteiger partial charge in [-0.1, -0.05) is 6.92 Å². The number of carbonyl (C=O) groups excluding carboxylic acids is 2. The minimum absolute atomic E-state index is 0.0704. The van der Waals surface area contributed by atoms with Gasteiger partial charge in [-0.3, -0.25) is 9.59 Å². The van der Waals surface area contributed by atoms with E-state index < -0.39 is 23.3 Å². The van der Waals surface area contributed by atoms with Gasteiger partial charge in [0.2, 0.25) is 5.91 Å². The smallest absolute Gasteiger partial charge is 0.323 e. The van der Waals surface area contributed by atoms with Crippen LogP contribution in [0, 0.1) is 5.41 Å². The third-order valence-corrected chi connectivity index (χ3v) is 2.46. The first kappa shape index (κ1) is 16.2. The molecule has 0 heterocycles. The largest absolute Gasteiger partial charge is 0.480 e. The van der Waals surface area contributed by atoms with Crippen molar-refractivity contribution in [2.24, 2.45) is 11.1 Å². The van der Waals surface area contributed by atoms with Gasteiger partial charge in [-0.15, -0.1) is 0 Å². The van der Waals surface area contributed by atoms with Crippen molar-refractivity contribution in [2.75, 3.05) is 19.6 Å². The summed E-state index contributed by atoms with van der Waals surface area (Å²) in [5, 5.41) is 11.2. The fourth-order valence-electron chi connectivity index (χ4n) is 1.18. The van der Waals surface area contributed by atoms with Crippen LogP contribution in [0.15, 0.2) is 0 Å². The van der Waals surface area contributed by atoms with Gasteiger partial charge < -0.3 is 21.1 Å². The number of primary amides is 1. The zero-order valence-electron chi connectivity index (χ0n) is 11.0. The Morgan fingerprint density at radius 2 is 1.89 bits per heavy atom. The quantitative estimate of drug-likeness (QED) is 0.597. The van der Waals surface area contributed by atoms with Gasteiger partial charge in [0.15, 0.2) is 0 Å². The summed E-state index contributed by atoms with van der Waals surface area (Å²) in [7, 11) is 0. The summed E-state index contributed by atoms with van der Waals surface area (Å²) in [6.45, 7) is 5.11. The van der Waals surface area contributed by atoms with Gasteiger partial charge in [-0.2, -0.15) is 0 Å². The molecular weight excluding hydrogens is 238 g/mol. The van der Waals surface area contributed by atoms with Crippen molar-refractivity contribution in [1.29, 1.82) is 0 Å². The molecule has 0 saturated carbocycles. The van der Waals surface area contributed by atoms with Crippen LogP contribution in [-0.4, -0.2) is 47.5 Å². The Morgan fingerprint density at radius 3 is 2.28 bits per heavy atom. The number of amides is 3. The molecule has 7 nitrogen and oxygen atoms in total. The lowest BCUT2D eigenvalue weighted by molar-refractivity contribution is -0.137. The molecule has 0 aliphatic carbocycles. The molecule has 4 N–H and O–H groups in total. The van der Waals surface area contributed by atoms with Crippen LogP contribution in [0.3, 0.4) is 0 Å². The van der Waals surface area contributed by atoms with Gasteiger partial charge in [0.1, 0.15) is 6.54 Å². The van der Waals surface area contributed by atoms with E-state index in [0.29, 0.717) is 13.0 Å². The van der Waals surface area contributed by atoms with Crippen LogP contribution in [0.4, 0.5) is 4.79 Å². The molecule has 7 heteroatoms. The summed E-state index contributed by atoms with van der Waals surface area (Å²) in [6.07, 6.45) is 0.653. The first-order valence-electron chi connectivity index (χ1n) is 5.75. The van der Waals surface area contributed by atoms with Gasteiger partial charge in [0, 0.05) is 13.1 Å². The zero-order valence-corrected chi connectivity index (χ0v) is 11.0. The van der Waals surface area contributed by atoms with Crippen molar-refractivity contribution in [3.63, 3.8) is 0 Å². The predicted molar refractivity (Wildman–Crippen MR) is 65.9 cm³/mol. The van der Waals surface area contributed by atoms with E-state index in [2.05, 4.69) is 5.32 Å². The third-order valence-electron chi connectivity index (χ3n) is 2.46. The Balaban J connectivity index is 4.43. The summed E-state index contributed by atoms with van der Waals surface area (Å²) in [5.41, 5.74) is 4.31. The number of nitrogens with one attached hydrogen (secondary N) is 1. The molecule has 0 radical (unpaired) electrons. The molecule has 0 aromatic heterocycles. The summed E-state index contributed by atoms with van der Waals surface area (Å²) in [4.78, 5) is 34.6. The highest BCUT2D eigenvalue weighted by atomic mass is 16.4. The first-order valence-corrected chi connectivity index (χ1v) is 5.75. The highest BCUT2D eigenvalue weighted by molar-refractivity contribution is 5.83. The summed E-state index contributed by atoms with van der Waals surface area (Å²) in [6, 6.07) is -0.506. The van der Waals surface area contributed by atoms with Crippen LogP contribution >= 0.6 is 0 Å². The molecule has 0 bridgehead atoms. The number of hydrogen-bond donors (Lipinski definition) is 3. The first-order chi connectivity index (χ1) is 8.20. The molecule has 0 spiro atoms. The molecule has 0 aromatic rings. The van der Waals surface area contributed by atoms with E-state index >= 15 is 0 Å². The molecule has 0 atom stereocenters. The number of rotatable bonds is 7. The minimum atomic E-state index is -1.08. The second-order valence-electron chi connectivity index (χ2n) is 4.72. The SMILES string of the molecule is CCCN(CC(=O)O)C(=O)NCC(C)(C)C(N)=O. The third kappa shape index (κ3) is 5.51. The van der Waals surface area contributed by atoms with Gasteiger partial charge in [0.25, 0.3) is 0 Å². The maximum atomic E-state index is 11.7. The van der Waals surface area contributed by atoms with Crippen molar-refractivity contribution >= 4 is 17.9 Å². The lowest BCUT2D eigenvalue weighted by atomic mass is 9.93. The molecule has 0 aromatic carbocycles. The number of nitrogens with two attached hydrogens (primary N) is 1. The summed E-state index contributed by atoms with van der Waals surface area (Å²) >= 11 is 0. The number of carboxylic acids is 1. The van der Waals surface area contributed by atoms with Crippen LogP contribution in [0.1, 0.15) is 27.2 Å². The van der Waals surface area contributed by atoms with Gasteiger partial charge in [0.05, 0.1) is 5.41 Å². The Labute approximate surface area is 106 Å². The molecule has 104 valence electrons. The van der Waals surface area contributed by atoms with Crippen molar-refractivity contribution in [3.8, 4) is 0 Å². The van der Waals surface area contributed by atoms with Crippen molar-refractivity contribution in [1.82, 2.24) is 10.2 Å². The van der Waals surface area contributed by atoms with Crippen molar-refractivity contribution in [3.05, 3.63) is 0 Å². The van der Waals surface area contributed by atoms with Crippen LogP contribution in [0.5, 0.6) is 0 Å². The Kier molecular flexibility index (Phi) is 6.15. The maximum Gasteiger partial charge on any atom is 0.323 e. The van der Waals surface area contributed by atoms with Gasteiger partial charge >= 0.3 is 12.0 Å². The lowest BCUT2D eigenvalue weighted by Gasteiger charge is -2.25. The standard InChI is InChI=1S/C11H21N3O4/c1-4-5-14(6-8(15)16)10(18)13-7-11(2,3)9(12)17/h4-7H2,1-3H3,(H2,12,17)(H,13,18)(H,15,16). The lowest BCUT2D eigenvalue weighted by Crippen LogP contribution is -2.48. The number of carboxylic acid groups (broad SMARTS) is 1. The zero-order chi connectivity index (χ0) is 14.3. The van der Waals surface area contributed by atoms with Crippen molar-refractivity contribution < 1.29 is 19.5 Å². The summed E-state index contributed by atoms with van der Waals surface area (Å²) < 4.78 is 0. The number of carbonyl (C=O) groups is 3. The Hall–Kier alpha value is -1.79.